The molecule has 1 N–H and O–H groups in total. The van der Waals surface area contributed by atoms with Gasteiger partial charge in [-0.2, -0.15) is 0 Å². The molecule has 1 amide bonds. The second-order valence-corrected chi connectivity index (χ2v) is 5.84. The maximum atomic E-state index is 13.2. The topological polar surface area (TPSA) is 51.1 Å². The summed E-state index contributed by atoms with van der Waals surface area (Å²) in [5, 5.41) is 2.85. The van der Waals surface area contributed by atoms with E-state index in [4.69, 9.17) is 0 Å². The number of carbonyl (C=O) groups is 2. The SMILES string of the molecule is CCCNC(=O)CCn1c(-c2ccc(F)cc2)cc(C(C)=O)c1C. The lowest BCUT2D eigenvalue weighted by Gasteiger charge is -2.12. The third kappa shape index (κ3) is 4.10. The van der Waals surface area contributed by atoms with Crippen LogP contribution in [0.15, 0.2) is 30.3 Å². The van der Waals surface area contributed by atoms with Crippen LogP contribution in [0.1, 0.15) is 42.7 Å². The number of amides is 1. The minimum absolute atomic E-state index is 0.0145. The van der Waals surface area contributed by atoms with E-state index in [1.807, 2.05) is 24.5 Å². The Bertz CT molecular complexity index is 733. The molecule has 1 heterocycles. The summed E-state index contributed by atoms with van der Waals surface area (Å²) >= 11 is 0. The molecule has 0 bridgehead atoms. The molecule has 2 aromatic rings. The third-order valence-corrected chi connectivity index (χ3v) is 4.02. The molecule has 0 saturated carbocycles. The molecular formula is C19H23FN2O2. The second-order valence-electron chi connectivity index (χ2n) is 5.84. The van der Waals surface area contributed by atoms with E-state index in [-0.39, 0.29) is 17.5 Å². The van der Waals surface area contributed by atoms with Gasteiger partial charge in [0.2, 0.25) is 5.91 Å². The predicted molar refractivity (Wildman–Crippen MR) is 92.5 cm³/mol. The highest BCUT2D eigenvalue weighted by molar-refractivity contribution is 5.96. The quantitative estimate of drug-likeness (QED) is 0.787. The van der Waals surface area contributed by atoms with E-state index in [0.717, 1.165) is 23.4 Å². The van der Waals surface area contributed by atoms with Crippen molar-refractivity contribution in [3.05, 3.63) is 47.4 Å². The van der Waals surface area contributed by atoms with Crippen LogP contribution in [0.4, 0.5) is 4.39 Å². The van der Waals surface area contributed by atoms with Gasteiger partial charge in [-0.15, -0.1) is 0 Å². The van der Waals surface area contributed by atoms with Crippen LogP contribution in [0, 0.1) is 12.7 Å². The first-order valence-electron chi connectivity index (χ1n) is 8.17. The largest absolute Gasteiger partial charge is 0.356 e. The fraction of sp³-hybridized carbons (Fsp3) is 0.368. The van der Waals surface area contributed by atoms with E-state index in [2.05, 4.69) is 5.32 Å². The normalized spacial score (nSPS) is 10.7. The molecular weight excluding hydrogens is 307 g/mol. The molecule has 24 heavy (non-hydrogen) atoms. The number of hydrogen-bond acceptors (Lipinski definition) is 2. The summed E-state index contributed by atoms with van der Waals surface area (Å²) in [5.41, 5.74) is 3.09. The van der Waals surface area contributed by atoms with Crippen molar-refractivity contribution in [2.75, 3.05) is 6.54 Å². The number of halogens is 1. The summed E-state index contributed by atoms with van der Waals surface area (Å²) in [4.78, 5) is 23.7. The lowest BCUT2D eigenvalue weighted by atomic mass is 10.1. The molecule has 0 atom stereocenters. The number of nitrogens with one attached hydrogen (secondary N) is 1. The van der Waals surface area contributed by atoms with E-state index in [0.29, 0.717) is 25.1 Å². The minimum atomic E-state index is -0.306. The summed E-state index contributed by atoms with van der Waals surface area (Å²) < 4.78 is 15.1. The molecule has 0 unspecified atom stereocenters. The van der Waals surface area contributed by atoms with Crippen molar-refractivity contribution in [1.82, 2.24) is 9.88 Å². The zero-order chi connectivity index (χ0) is 17.7. The summed E-state index contributed by atoms with van der Waals surface area (Å²) in [6.07, 6.45) is 1.23. The molecule has 1 aromatic carbocycles. The van der Waals surface area contributed by atoms with Crippen molar-refractivity contribution in [3.63, 3.8) is 0 Å². The predicted octanol–water partition coefficient (Wildman–Crippen LogP) is 3.72. The highest BCUT2D eigenvalue weighted by Crippen LogP contribution is 2.27. The van der Waals surface area contributed by atoms with Crippen molar-refractivity contribution in [2.24, 2.45) is 0 Å². The van der Waals surface area contributed by atoms with Gasteiger partial charge in [-0.05, 0) is 56.2 Å². The Morgan fingerprint density at radius 2 is 1.88 bits per heavy atom. The van der Waals surface area contributed by atoms with Gasteiger partial charge in [-0.25, -0.2) is 4.39 Å². The highest BCUT2D eigenvalue weighted by Gasteiger charge is 2.16. The number of Topliss-reactive ketones (excluding diaryl/α,β-unsaturated/α-hetero) is 1. The van der Waals surface area contributed by atoms with Crippen LogP contribution in [0.3, 0.4) is 0 Å². The van der Waals surface area contributed by atoms with Crippen molar-refractivity contribution >= 4 is 11.7 Å². The van der Waals surface area contributed by atoms with Gasteiger partial charge in [0.1, 0.15) is 5.82 Å². The van der Waals surface area contributed by atoms with Crippen LogP contribution in [-0.2, 0) is 11.3 Å². The molecule has 1 aromatic heterocycles. The fourth-order valence-corrected chi connectivity index (χ4v) is 2.72. The number of benzene rings is 1. The smallest absolute Gasteiger partial charge is 0.221 e. The third-order valence-electron chi connectivity index (χ3n) is 4.02. The lowest BCUT2D eigenvalue weighted by Crippen LogP contribution is -2.25. The number of rotatable bonds is 7. The molecule has 0 saturated heterocycles. The Balaban J connectivity index is 2.32. The molecule has 5 heteroatoms. The van der Waals surface area contributed by atoms with Crippen LogP contribution < -0.4 is 5.32 Å². The first kappa shape index (κ1) is 17.9. The number of carbonyl (C=O) groups excluding carboxylic acids is 2. The molecule has 0 aliphatic rings. The average Bonchev–Trinajstić information content (AvgIpc) is 2.88. The van der Waals surface area contributed by atoms with Crippen LogP contribution >= 0.6 is 0 Å². The van der Waals surface area contributed by atoms with Crippen molar-refractivity contribution < 1.29 is 14.0 Å². The highest BCUT2D eigenvalue weighted by atomic mass is 19.1. The van der Waals surface area contributed by atoms with Crippen molar-refractivity contribution in [1.29, 1.82) is 0 Å². The Hall–Kier alpha value is -2.43. The van der Waals surface area contributed by atoms with Gasteiger partial charge in [0.05, 0.1) is 0 Å². The molecule has 0 aliphatic heterocycles. The molecule has 0 radical (unpaired) electrons. The first-order valence-corrected chi connectivity index (χ1v) is 8.17. The molecule has 4 nitrogen and oxygen atoms in total. The number of nitrogens with zero attached hydrogens (tertiary/aromatic N) is 1. The van der Waals surface area contributed by atoms with Gasteiger partial charge in [-0.3, -0.25) is 9.59 Å². The van der Waals surface area contributed by atoms with Crippen molar-refractivity contribution in [2.45, 2.75) is 40.2 Å². The Labute approximate surface area is 141 Å². The number of aromatic nitrogens is 1. The maximum Gasteiger partial charge on any atom is 0.221 e. The van der Waals surface area contributed by atoms with Crippen molar-refractivity contribution in [3.8, 4) is 11.3 Å². The van der Waals surface area contributed by atoms with E-state index in [9.17, 15) is 14.0 Å². The fourth-order valence-electron chi connectivity index (χ4n) is 2.72. The zero-order valence-corrected chi connectivity index (χ0v) is 14.4. The van der Waals surface area contributed by atoms with Gasteiger partial charge in [-0.1, -0.05) is 6.92 Å². The summed E-state index contributed by atoms with van der Waals surface area (Å²) in [5.74, 6) is -0.344. The monoisotopic (exact) mass is 330 g/mol. The summed E-state index contributed by atoms with van der Waals surface area (Å²) in [7, 11) is 0. The Kier molecular flexibility index (Phi) is 5.90. The zero-order valence-electron chi connectivity index (χ0n) is 14.4. The first-order chi connectivity index (χ1) is 11.4. The van der Waals surface area contributed by atoms with Gasteiger partial charge < -0.3 is 9.88 Å². The molecule has 0 fully saturated rings. The molecule has 2 rings (SSSR count). The van der Waals surface area contributed by atoms with Gasteiger partial charge >= 0.3 is 0 Å². The molecule has 128 valence electrons. The van der Waals surface area contributed by atoms with Gasteiger partial charge in [0.25, 0.3) is 0 Å². The van der Waals surface area contributed by atoms with E-state index < -0.39 is 0 Å². The van der Waals surface area contributed by atoms with Crippen LogP contribution in [0.5, 0.6) is 0 Å². The standard InChI is InChI=1S/C19H23FN2O2/c1-4-10-21-19(24)9-11-22-13(2)17(14(3)23)12-18(22)15-5-7-16(20)8-6-15/h5-8,12H,4,9-11H2,1-3H3,(H,21,24). The average molecular weight is 330 g/mol. The maximum absolute atomic E-state index is 13.2. The van der Waals surface area contributed by atoms with Crippen LogP contribution in [0.25, 0.3) is 11.3 Å². The molecule has 0 spiro atoms. The van der Waals surface area contributed by atoms with Crippen LogP contribution in [0.2, 0.25) is 0 Å². The summed E-state index contributed by atoms with van der Waals surface area (Å²) in [6, 6.07) is 7.96. The van der Waals surface area contributed by atoms with E-state index >= 15 is 0 Å². The minimum Gasteiger partial charge on any atom is -0.356 e. The van der Waals surface area contributed by atoms with Gasteiger partial charge in [0, 0.05) is 36.5 Å². The summed E-state index contributed by atoms with van der Waals surface area (Å²) in [6.45, 7) is 6.53. The molecule has 0 aliphatic carbocycles. The van der Waals surface area contributed by atoms with Crippen LogP contribution in [-0.4, -0.2) is 22.8 Å². The Morgan fingerprint density at radius 3 is 2.46 bits per heavy atom. The second kappa shape index (κ2) is 7.90. The lowest BCUT2D eigenvalue weighted by molar-refractivity contribution is -0.121. The van der Waals surface area contributed by atoms with Gasteiger partial charge in [0.15, 0.2) is 5.78 Å². The van der Waals surface area contributed by atoms with E-state index in [1.165, 1.54) is 19.1 Å². The number of ketones is 1. The van der Waals surface area contributed by atoms with E-state index in [1.54, 1.807) is 12.1 Å². The number of hydrogen-bond donors (Lipinski definition) is 1. The Morgan fingerprint density at radius 1 is 1.21 bits per heavy atom.